The zero-order valence-corrected chi connectivity index (χ0v) is 12.7. The maximum atomic E-state index is 5.49. The Morgan fingerprint density at radius 3 is 2.68 bits per heavy atom. The minimum atomic E-state index is 0.251. The van der Waals surface area contributed by atoms with Gasteiger partial charge in [0.15, 0.2) is 6.79 Å². The molecule has 0 atom stereocenters. The number of methoxy groups -OCH3 is 2. The number of fused-ring (bicyclic) bond motifs is 1. The summed E-state index contributed by atoms with van der Waals surface area (Å²) in [7, 11) is 3.33. The monoisotopic (exact) mass is 324 g/mol. The number of halogens is 1. The van der Waals surface area contributed by atoms with Crippen LogP contribution in [0.2, 0.25) is 0 Å². The molecule has 0 heterocycles. The maximum absolute atomic E-state index is 5.49. The molecule has 0 amide bonds. The summed E-state index contributed by atoms with van der Waals surface area (Å²) in [6.07, 6.45) is 0.894. The SMILES string of the molecule is COCCc1cccc2cc(OCOC)cc(Br)c12. The van der Waals surface area contributed by atoms with E-state index in [2.05, 4.69) is 34.1 Å². The molecular weight excluding hydrogens is 308 g/mol. The number of hydrogen-bond donors (Lipinski definition) is 0. The number of ether oxygens (including phenoxy) is 3. The normalized spacial score (nSPS) is 10.9. The van der Waals surface area contributed by atoms with Gasteiger partial charge in [0.2, 0.25) is 0 Å². The van der Waals surface area contributed by atoms with Gasteiger partial charge in [-0.05, 0) is 34.9 Å². The fraction of sp³-hybridized carbons (Fsp3) is 0.333. The lowest BCUT2D eigenvalue weighted by molar-refractivity contribution is 0.0512. The van der Waals surface area contributed by atoms with Crippen molar-refractivity contribution in [1.29, 1.82) is 0 Å². The van der Waals surface area contributed by atoms with Gasteiger partial charge in [-0.3, -0.25) is 0 Å². The molecule has 0 saturated heterocycles. The third kappa shape index (κ3) is 3.47. The second-order valence-electron chi connectivity index (χ2n) is 4.21. The first-order valence-electron chi connectivity index (χ1n) is 6.08. The predicted molar refractivity (Wildman–Crippen MR) is 79.7 cm³/mol. The van der Waals surface area contributed by atoms with E-state index in [0.29, 0.717) is 6.61 Å². The molecular formula is C15H17BrO3. The Kier molecular flexibility index (Phi) is 5.19. The molecule has 3 nitrogen and oxygen atoms in total. The molecule has 2 aromatic carbocycles. The molecule has 0 fully saturated rings. The summed E-state index contributed by atoms with van der Waals surface area (Å²) in [5.41, 5.74) is 1.27. The minimum absolute atomic E-state index is 0.251. The first-order chi connectivity index (χ1) is 9.26. The third-order valence-electron chi connectivity index (χ3n) is 2.91. The van der Waals surface area contributed by atoms with Crippen molar-refractivity contribution in [3.05, 3.63) is 40.4 Å². The lowest BCUT2D eigenvalue weighted by Gasteiger charge is -2.11. The zero-order chi connectivity index (χ0) is 13.7. The Morgan fingerprint density at radius 1 is 1.11 bits per heavy atom. The van der Waals surface area contributed by atoms with Crippen molar-refractivity contribution in [1.82, 2.24) is 0 Å². The van der Waals surface area contributed by atoms with E-state index in [1.165, 1.54) is 10.9 Å². The lowest BCUT2D eigenvalue weighted by Crippen LogP contribution is -2.00. The van der Waals surface area contributed by atoms with Crippen LogP contribution in [-0.2, 0) is 15.9 Å². The van der Waals surface area contributed by atoms with Crippen LogP contribution < -0.4 is 4.74 Å². The van der Waals surface area contributed by atoms with E-state index in [1.807, 2.05) is 12.1 Å². The van der Waals surface area contributed by atoms with Crippen LogP contribution in [0.15, 0.2) is 34.8 Å². The van der Waals surface area contributed by atoms with E-state index >= 15 is 0 Å². The average molecular weight is 325 g/mol. The first kappa shape index (κ1) is 14.3. The van der Waals surface area contributed by atoms with Crippen molar-refractivity contribution < 1.29 is 14.2 Å². The molecule has 0 saturated carbocycles. The van der Waals surface area contributed by atoms with Gasteiger partial charge in [-0.25, -0.2) is 0 Å². The van der Waals surface area contributed by atoms with Crippen LogP contribution in [0.1, 0.15) is 5.56 Å². The van der Waals surface area contributed by atoms with E-state index in [9.17, 15) is 0 Å². The molecule has 0 aliphatic heterocycles. The summed E-state index contributed by atoms with van der Waals surface area (Å²) in [6.45, 7) is 0.967. The van der Waals surface area contributed by atoms with Gasteiger partial charge in [0.1, 0.15) is 5.75 Å². The van der Waals surface area contributed by atoms with Crippen LogP contribution in [-0.4, -0.2) is 27.6 Å². The van der Waals surface area contributed by atoms with Crippen molar-refractivity contribution in [2.75, 3.05) is 27.6 Å². The largest absolute Gasteiger partial charge is 0.468 e. The number of rotatable bonds is 6. The van der Waals surface area contributed by atoms with Crippen LogP contribution in [0, 0.1) is 0 Å². The van der Waals surface area contributed by atoms with Gasteiger partial charge in [0.25, 0.3) is 0 Å². The Hall–Kier alpha value is -1.10. The summed E-state index contributed by atoms with van der Waals surface area (Å²) in [5.74, 6) is 0.796. The summed E-state index contributed by atoms with van der Waals surface area (Å²) >= 11 is 3.62. The summed E-state index contributed by atoms with van der Waals surface area (Å²) in [6, 6.07) is 10.3. The predicted octanol–water partition coefficient (Wildman–Crippen LogP) is 3.77. The van der Waals surface area contributed by atoms with E-state index in [1.54, 1.807) is 14.2 Å². The Morgan fingerprint density at radius 2 is 1.95 bits per heavy atom. The molecule has 0 bridgehead atoms. The van der Waals surface area contributed by atoms with Gasteiger partial charge in [0, 0.05) is 18.7 Å². The minimum Gasteiger partial charge on any atom is -0.468 e. The van der Waals surface area contributed by atoms with Crippen molar-refractivity contribution in [3.8, 4) is 5.75 Å². The molecule has 2 rings (SSSR count). The highest BCUT2D eigenvalue weighted by Crippen LogP contribution is 2.32. The van der Waals surface area contributed by atoms with Crippen LogP contribution in [0.5, 0.6) is 5.75 Å². The van der Waals surface area contributed by atoms with Crippen LogP contribution in [0.3, 0.4) is 0 Å². The molecule has 0 radical (unpaired) electrons. The second-order valence-corrected chi connectivity index (χ2v) is 5.07. The fourth-order valence-electron chi connectivity index (χ4n) is 2.05. The van der Waals surface area contributed by atoms with Gasteiger partial charge in [0.05, 0.1) is 6.61 Å². The van der Waals surface area contributed by atoms with E-state index in [-0.39, 0.29) is 6.79 Å². The highest BCUT2D eigenvalue weighted by molar-refractivity contribution is 9.10. The topological polar surface area (TPSA) is 27.7 Å². The molecule has 0 aliphatic carbocycles. The molecule has 0 aliphatic rings. The van der Waals surface area contributed by atoms with Crippen LogP contribution in [0.25, 0.3) is 10.8 Å². The molecule has 0 aromatic heterocycles. The zero-order valence-electron chi connectivity index (χ0n) is 11.1. The van der Waals surface area contributed by atoms with E-state index in [4.69, 9.17) is 14.2 Å². The molecule has 19 heavy (non-hydrogen) atoms. The summed E-state index contributed by atoms with van der Waals surface area (Å²) in [4.78, 5) is 0. The highest BCUT2D eigenvalue weighted by atomic mass is 79.9. The van der Waals surface area contributed by atoms with Gasteiger partial charge < -0.3 is 14.2 Å². The van der Waals surface area contributed by atoms with Gasteiger partial charge in [-0.15, -0.1) is 0 Å². The molecule has 0 unspecified atom stereocenters. The number of hydrogen-bond acceptors (Lipinski definition) is 3. The Labute approximate surface area is 121 Å². The van der Waals surface area contributed by atoms with Crippen LogP contribution in [0.4, 0.5) is 0 Å². The quantitative estimate of drug-likeness (QED) is 0.757. The summed E-state index contributed by atoms with van der Waals surface area (Å²) < 4.78 is 16.6. The number of benzene rings is 2. The Bertz CT molecular complexity index is 554. The molecule has 2 aromatic rings. The molecule has 0 N–H and O–H groups in total. The highest BCUT2D eigenvalue weighted by Gasteiger charge is 2.07. The molecule has 0 spiro atoms. The van der Waals surface area contributed by atoms with Crippen molar-refractivity contribution in [2.24, 2.45) is 0 Å². The van der Waals surface area contributed by atoms with Gasteiger partial charge in [-0.2, -0.15) is 0 Å². The average Bonchev–Trinajstić information content (AvgIpc) is 2.42. The second kappa shape index (κ2) is 6.89. The standard InChI is InChI=1S/C15H17BrO3/c1-17-7-6-11-4-3-5-12-8-13(19-10-18-2)9-14(16)15(11)12/h3-5,8-9H,6-7,10H2,1-2H3. The van der Waals surface area contributed by atoms with Gasteiger partial charge in [-0.1, -0.05) is 34.1 Å². The van der Waals surface area contributed by atoms with Crippen molar-refractivity contribution in [2.45, 2.75) is 6.42 Å². The third-order valence-corrected chi connectivity index (χ3v) is 3.53. The maximum Gasteiger partial charge on any atom is 0.188 e. The first-order valence-corrected chi connectivity index (χ1v) is 6.87. The van der Waals surface area contributed by atoms with E-state index < -0.39 is 0 Å². The molecule has 4 heteroatoms. The van der Waals surface area contributed by atoms with E-state index in [0.717, 1.165) is 22.0 Å². The fourth-order valence-corrected chi connectivity index (χ4v) is 2.76. The van der Waals surface area contributed by atoms with Crippen molar-refractivity contribution in [3.63, 3.8) is 0 Å². The lowest BCUT2D eigenvalue weighted by atomic mass is 10.0. The van der Waals surface area contributed by atoms with Crippen molar-refractivity contribution >= 4 is 26.7 Å². The van der Waals surface area contributed by atoms with Crippen LogP contribution >= 0.6 is 15.9 Å². The van der Waals surface area contributed by atoms with Gasteiger partial charge >= 0.3 is 0 Å². The smallest absolute Gasteiger partial charge is 0.188 e. The Balaban J connectivity index is 2.40. The molecule has 102 valence electrons. The summed E-state index contributed by atoms with van der Waals surface area (Å²) in [5, 5.41) is 2.36.